The number of hydrogen-bond acceptors (Lipinski definition) is 3. The number of rotatable bonds is 3. The van der Waals surface area contributed by atoms with Gasteiger partial charge in [0, 0.05) is 12.2 Å². The first-order valence-electron chi connectivity index (χ1n) is 5.40. The highest BCUT2D eigenvalue weighted by molar-refractivity contribution is 5.17. The molecule has 2 heterocycles. The molecular formula is C12H17N3O. The van der Waals surface area contributed by atoms with Crippen LogP contribution in [0.25, 0.3) is 0 Å². The lowest BCUT2D eigenvalue weighted by atomic mass is 10.2. The summed E-state index contributed by atoms with van der Waals surface area (Å²) in [6.07, 6.45) is 1.82. The molecule has 16 heavy (non-hydrogen) atoms. The van der Waals surface area contributed by atoms with Crippen molar-refractivity contribution in [2.75, 3.05) is 6.54 Å². The maximum Gasteiger partial charge on any atom is 0.128 e. The number of hydrogen-bond donors (Lipinski definition) is 1. The minimum atomic E-state index is 0.0369. The van der Waals surface area contributed by atoms with E-state index in [0.29, 0.717) is 6.54 Å². The van der Waals surface area contributed by atoms with Gasteiger partial charge in [-0.15, -0.1) is 0 Å². The standard InChI is InChI=1S/C12H17N3O/c1-8-4-5-12(16-8)11(6-13)15-7-14-9(2)10(15)3/h4-5,7,11H,6,13H2,1-3H3. The van der Waals surface area contributed by atoms with Gasteiger partial charge < -0.3 is 14.7 Å². The highest BCUT2D eigenvalue weighted by atomic mass is 16.3. The molecule has 1 unspecified atom stereocenters. The van der Waals surface area contributed by atoms with Crippen LogP contribution in [0.15, 0.2) is 22.9 Å². The molecular weight excluding hydrogens is 202 g/mol. The average Bonchev–Trinajstić information content (AvgIpc) is 2.81. The second kappa shape index (κ2) is 4.14. The Morgan fingerprint density at radius 3 is 2.56 bits per heavy atom. The van der Waals surface area contributed by atoms with Gasteiger partial charge in [0.15, 0.2) is 0 Å². The molecule has 1 atom stereocenters. The highest BCUT2D eigenvalue weighted by Gasteiger charge is 2.17. The first kappa shape index (κ1) is 11.0. The summed E-state index contributed by atoms with van der Waals surface area (Å²) in [7, 11) is 0. The van der Waals surface area contributed by atoms with Crippen LogP contribution in [-0.2, 0) is 0 Å². The van der Waals surface area contributed by atoms with E-state index in [0.717, 1.165) is 22.9 Å². The Morgan fingerprint density at radius 2 is 2.12 bits per heavy atom. The van der Waals surface area contributed by atoms with Crippen molar-refractivity contribution in [3.8, 4) is 0 Å². The van der Waals surface area contributed by atoms with Gasteiger partial charge in [0.05, 0.1) is 12.0 Å². The van der Waals surface area contributed by atoms with Crippen molar-refractivity contribution < 1.29 is 4.42 Å². The third-order valence-corrected chi connectivity index (χ3v) is 2.94. The molecule has 2 aromatic heterocycles. The van der Waals surface area contributed by atoms with Gasteiger partial charge in [0.25, 0.3) is 0 Å². The Balaban J connectivity index is 2.40. The molecule has 2 N–H and O–H groups in total. The summed E-state index contributed by atoms with van der Waals surface area (Å²) >= 11 is 0. The van der Waals surface area contributed by atoms with E-state index in [9.17, 15) is 0 Å². The number of aromatic nitrogens is 2. The van der Waals surface area contributed by atoms with Crippen LogP contribution in [0, 0.1) is 20.8 Å². The monoisotopic (exact) mass is 219 g/mol. The van der Waals surface area contributed by atoms with Gasteiger partial charge in [-0.05, 0) is 32.9 Å². The molecule has 0 saturated carbocycles. The van der Waals surface area contributed by atoms with Crippen LogP contribution < -0.4 is 5.73 Å². The van der Waals surface area contributed by atoms with E-state index in [2.05, 4.69) is 9.55 Å². The maximum absolute atomic E-state index is 5.82. The van der Waals surface area contributed by atoms with Crippen molar-refractivity contribution in [1.29, 1.82) is 0 Å². The molecule has 0 aliphatic carbocycles. The van der Waals surface area contributed by atoms with Crippen LogP contribution in [0.5, 0.6) is 0 Å². The molecule has 0 aliphatic heterocycles. The van der Waals surface area contributed by atoms with E-state index in [-0.39, 0.29) is 6.04 Å². The van der Waals surface area contributed by atoms with Crippen LogP contribution >= 0.6 is 0 Å². The lowest BCUT2D eigenvalue weighted by Gasteiger charge is -2.15. The third kappa shape index (κ3) is 1.76. The first-order valence-corrected chi connectivity index (χ1v) is 5.40. The fourth-order valence-electron chi connectivity index (χ4n) is 1.83. The smallest absolute Gasteiger partial charge is 0.128 e. The molecule has 0 fully saturated rings. The summed E-state index contributed by atoms with van der Waals surface area (Å²) in [6.45, 7) is 6.47. The lowest BCUT2D eigenvalue weighted by Crippen LogP contribution is -2.20. The number of nitrogens with zero attached hydrogens (tertiary/aromatic N) is 2. The Hall–Kier alpha value is -1.55. The van der Waals surface area contributed by atoms with E-state index in [1.807, 2.05) is 39.2 Å². The fourth-order valence-corrected chi connectivity index (χ4v) is 1.83. The molecule has 0 aliphatic rings. The van der Waals surface area contributed by atoms with E-state index in [1.165, 1.54) is 0 Å². The average molecular weight is 219 g/mol. The molecule has 0 bridgehead atoms. The molecule has 0 radical (unpaired) electrons. The van der Waals surface area contributed by atoms with Crippen molar-refractivity contribution in [1.82, 2.24) is 9.55 Å². The molecule has 2 aromatic rings. The van der Waals surface area contributed by atoms with Crippen LogP contribution in [0.1, 0.15) is 29.0 Å². The van der Waals surface area contributed by atoms with Gasteiger partial charge in [-0.1, -0.05) is 0 Å². The van der Waals surface area contributed by atoms with Gasteiger partial charge in [0.1, 0.15) is 17.6 Å². The van der Waals surface area contributed by atoms with E-state index >= 15 is 0 Å². The molecule has 0 amide bonds. The summed E-state index contributed by atoms with van der Waals surface area (Å²) < 4.78 is 7.69. The predicted molar refractivity (Wildman–Crippen MR) is 62.3 cm³/mol. The highest BCUT2D eigenvalue weighted by Crippen LogP contribution is 2.22. The second-order valence-corrected chi connectivity index (χ2v) is 4.02. The fraction of sp³-hybridized carbons (Fsp3) is 0.417. The quantitative estimate of drug-likeness (QED) is 0.858. The summed E-state index contributed by atoms with van der Waals surface area (Å²) in [5.41, 5.74) is 7.97. The van der Waals surface area contributed by atoms with Crippen LogP contribution in [0.2, 0.25) is 0 Å². The Labute approximate surface area is 95.1 Å². The molecule has 4 heteroatoms. The number of nitrogens with two attached hydrogens (primary N) is 1. The summed E-state index contributed by atoms with van der Waals surface area (Å²) in [6, 6.07) is 3.97. The summed E-state index contributed by atoms with van der Waals surface area (Å²) in [5, 5.41) is 0. The van der Waals surface area contributed by atoms with Gasteiger partial charge >= 0.3 is 0 Å². The molecule has 0 spiro atoms. The Bertz CT molecular complexity index is 484. The van der Waals surface area contributed by atoms with E-state index < -0.39 is 0 Å². The topological polar surface area (TPSA) is 57.0 Å². The van der Waals surface area contributed by atoms with Gasteiger partial charge in [-0.25, -0.2) is 4.98 Å². The minimum absolute atomic E-state index is 0.0369. The third-order valence-electron chi connectivity index (χ3n) is 2.94. The Morgan fingerprint density at radius 1 is 1.38 bits per heavy atom. The van der Waals surface area contributed by atoms with E-state index in [4.69, 9.17) is 10.2 Å². The van der Waals surface area contributed by atoms with Crippen molar-refractivity contribution >= 4 is 0 Å². The Kier molecular flexibility index (Phi) is 2.83. The zero-order valence-electron chi connectivity index (χ0n) is 9.90. The molecule has 0 aromatic carbocycles. The van der Waals surface area contributed by atoms with Crippen LogP contribution in [0.4, 0.5) is 0 Å². The van der Waals surface area contributed by atoms with Crippen molar-refractivity contribution in [3.63, 3.8) is 0 Å². The zero-order chi connectivity index (χ0) is 11.7. The van der Waals surface area contributed by atoms with Gasteiger partial charge in [-0.2, -0.15) is 0 Å². The lowest BCUT2D eigenvalue weighted by molar-refractivity contribution is 0.414. The normalized spacial score (nSPS) is 13.0. The van der Waals surface area contributed by atoms with Gasteiger partial charge in [-0.3, -0.25) is 0 Å². The summed E-state index contributed by atoms with van der Waals surface area (Å²) in [5.74, 6) is 1.79. The van der Waals surface area contributed by atoms with Crippen molar-refractivity contribution in [2.45, 2.75) is 26.8 Å². The van der Waals surface area contributed by atoms with Crippen LogP contribution in [-0.4, -0.2) is 16.1 Å². The zero-order valence-corrected chi connectivity index (χ0v) is 9.90. The predicted octanol–water partition coefficient (Wildman–Crippen LogP) is 1.95. The number of furan rings is 1. The van der Waals surface area contributed by atoms with Crippen molar-refractivity contribution in [2.24, 2.45) is 5.73 Å². The molecule has 86 valence electrons. The largest absolute Gasteiger partial charge is 0.464 e. The number of aryl methyl sites for hydroxylation is 2. The first-order chi connectivity index (χ1) is 7.63. The summed E-state index contributed by atoms with van der Waals surface area (Å²) in [4.78, 5) is 4.28. The number of imidazole rings is 1. The van der Waals surface area contributed by atoms with E-state index in [1.54, 1.807) is 0 Å². The van der Waals surface area contributed by atoms with Crippen molar-refractivity contribution in [3.05, 3.63) is 41.4 Å². The molecule has 4 nitrogen and oxygen atoms in total. The van der Waals surface area contributed by atoms with Crippen LogP contribution in [0.3, 0.4) is 0 Å². The molecule has 0 saturated heterocycles. The second-order valence-electron chi connectivity index (χ2n) is 4.02. The minimum Gasteiger partial charge on any atom is -0.464 e. The SMILES string of the molecule is Cc1ccc(C(CN)n2cnc(C)c2C)o1. The van der Waals surface area contributed by atoms with Gasteiger partial charge in [0.2, 0.25) is 0 Å². The molecule has 2 rings (SSSR count). The maximum atomic E-state index is 5.82.